The molecule has 0 amide bonds. The maximum Gasteiger partial charge on any atom is 0.0761 e. The van der Waals surface area contributed by atoms with Gasteiger partial charge in [-0.2, -0.15) is 11.8 Å². The average molecular weight is 218 g/mol. The Kier molecular flexibility index (Phi) is 5.23. The normalized spacial score (nSPS) is 21.4. The van der Waals surface area contributed by atoms with Gasteiger partial charge in [0.1, 0.15) is 0 Å². The van der Waals surface area contributed by atoms with Crippen LogP contribution in [-0.4, -0.2) is 60.8 Å². The third-order valence-corrected chi connectivity index (χ3v) is 3.80. The molecule has 1 aliphatic rings. The Morgan fingerprint density at radius 3 is 2.57 bits per heavy atom. The van der Waals surface area contributed by atoms with Crippen molar-refractivity contribution in [2.24, 2.45) is 0 Å². The Labute approximate surface area is 91.2 Å². The highest BCUT2D eigenvalue weighted by molar-refractivity contribution is 7.99. The molecule has 0 unspecified atom stereocenters. The van der Waals surface area contributed by atoms with Crippen LogP contribution in [0, 0.1) is 0 Å². The number of thioether (sulfide) groups is 1. The van der Waals surface area contributed by atoms with Gasteiger partial charge in [0, 0.05) is 18.1 Å². The van der Waals surface area contributed by atoms with E-state index in [2.05, 4.69) is 24.3 Å². The molecule has 1 fully saturated rings. The zero-order chi connectivity index (χ0) is 10.4. The van der Waals surface area contributed by atoms with Gasteiger partial charge in [0.2, 0.25) is 0 Å². The fourth-order valence-electron chi connectivity index (χ4n) is 1.55. The van der Waals surface area contributed by atoms with Gasteiger partial charge in [0.05, 0.1) is 5.60 Å². The number of nitrogens with zero attached hydrogens (tertiary/aromatic N) is 1. The van der Waals surface area contributed by atoms with E-state index in [0.29, 0.717) is 0 Å². The lowest BCUT2D eigenvalue weighted by atomic mass is 9.95. The zero-order valence-corrected chi connectivity index (χ0v) is 10.1. The van der Waals surface area contributed by atoms with E-state index in [9.17, 15) is 5.11 Å². The number of piperidine rings is 1. The van der Waals surface area contributed by atoms with E-state index in [1.165, 1.54) is 0 Å². The summed E-state index contributed by atoms with van der Waals surface area (Å²) < 4.78 is 0. The van der Waals surface area contributed by atoms with Gasteiger partial charge in [-0.15, -0.1) is 0 Å². The first-order valence-electron chi connectivity index (χ1n) is 5.28. The third kappa shape index (κ3) is 4.64. The second kappa shape index (κ2) is 5.95. The standard InChI is InChI=1S/C10H22N2OS/c1-12(2)7-8-14-9-10(13)3-5-11-6-4-10/h11,13H,3-9H2,1-2H3. The summed E-state index contributed by atoms with van der Waals surface area (Å²) in [5.74, 6) is 2.01. The van der Waals surface area contributed by atoms with Gasteiger partial charge in [-0.25, -0.2) is 0 Å². The number of rotatable bonds is 5. The van der Waals surface area contributed by atoms with Crippen LogP contribution >= 0.6 is 11.8 Å². The molecule has 1 saturated heterocycles. The summed E-state index contributed by atoms with van der Waals surface area (Å²) >= 11 is 1.87. The predicted octanol–water partition coefficient (Wildman–Crippen LogP) is 0.396. The largest absolute Gasteiger partial charge is 0.389 e. The van der Waals surface area contributed by atoms with Crippen molar-refractivity contribution in [2.45, 2.75) is 18.4 Å². The molecule has 14 heavy (non-hydrogen) atoms. The van der Waals surface area contributed by atoms with Crippen molar-refractivity contribution in [3.8, 4) is 0 Å². The summed E-state index contributed by atoms with van der Waals surface area (Å²) in [5, 5.41) is 13.4. The van der Waals surface area contributed by atoms with Crippen LogP contribution < -0.4 is 5.32 Å². The molecule has 0 saturated carbocycles. The van der Waals surface area contributed by atoms with Crippen molar-refractivity contribution in [3.63, 3.8) is 0 Å². The van der Waals surface area contributed by atoms with Crippen LogP contribution in [0.25, 0.3) is 0 Å². The summed E-state index contributed by atoms with van der Waals surface area (Å²) in [6.07, 6.45) is 1.81. The van der Waals surface area contributed by atoms with E-state index >= 15 is 0 Å². The molecule has 0 aromatic carbocycles. The second-order valence-corrected chi connectivity index (χ2v) is 5.44. The highest BCUT2D eigenvalue weighted by Crippen LogP contribution is 2.22. The SMILES string of the molecule is CN(C)CCSCC1(O)CCNCC1. The van der Waals surface area contributed by atoms with Gasteiger partial charge in [0.25, 0.3) is 0 Å². The van der Waals surface area contributed by atoms with E-state index < -0.39 is 5.60 Å². The Bertz CT molecular complexity index is 158. The lowest BCUT2D eigenvalue weighted by Crippen LogP contribution is -2.43. The summed E-state index contributed by atoms with van der Waals surface area (Å²) in [6, 6.07) is 0. The highest BCUT2D eigenvalue weighted by atomic mass is 32.2. The third-order valence-electron chi connectivity index (χ3n) is 2.59. The lowest BCUT2D eigenvalue weighted by molar-refractivity contribution is 0.0339. The molecule has 1 rings (SSSR count). The molecule has 0 radical (unpaired) electrons. The van der Waals surface area contributed by atoms with Crippen molar-refractivity contribution in [2.75, 3.05) is 45.2 Å². The summed E-state index contributed by atoms with van der Waals surface area (Å²) in [5.41, 5.74) is -0.401. The van der Waals surface area contributed by atoms with Crippen LogP contribution in [0.4, 0.5) is 0 Å². The number of nitrogens with one attached hydrogen (secondary N) is 1. The van der Waals surface area contributed by atoms with Crippen LogP contribution in [0.15, 0.2) is 0 Å². The van der Waals surface area contributed by atoms with Crippen LogP contribution in [-0.2, 0) is 0 Å². The molecular weight excluding hydrogens is 196 g/mol. The first kappa shape index (κ1) is 12.3. The molecule has 0 bridgehead atoms. The molecular formula is C10H22N2OS. The van der Waals surface area contributed by atoms with Crippen molar-refractivity contribution < 1.29 is 5.11 Å². The smallest absolute Gasteiger partial charge is 0.0761 e. The molecule has 4 heteroatoms. The summed E-state index contributed by atoms with van der Waals surface area (Å²) in [6.45, 7) is 3.02. The molecule has 0 aliphatic carbocycles. The second-order valence-electron chi connectivity index (χ2n) is 4.33. The van der Waals surface area contributed by atoms with E-state index in [-0.39, 0.29) is 0 Å². The van der Waals surface area contributed by atoms with Crippen molar-refractivity contribution in [1.82, 2.24) is 10.2 Å². The Morgan fingerprint density at radius 2 is 2.00 bits per heavy atom. The highest BCUT2D eigenvalue weighted by Gasteiger charge is 2.28. The van der Waals surface area contributed by atoms with Crippen LogP contribution in [0.3, 0.4) is 0 Å². The molecule has 1 aliphatic heterocycles. The minimum absolute atomic E-state index is 0.401. The van der Waals surface area contributed by atoms with Crippen molar-refractivity contribution >= 4 is 11.8 Å². The Hall–Kier alpha value is 0.230. The fourth-order valence-corrected chi connectivity index (χ4v) is 2.85. The molecule has 0 atom stereocenters. The predicted molar refractivity (Wildman–Crippen MR) is 62.9 cm³/mol. The van der Waals surface area contributed by atoms with Gasteiger partial charge in [-0.05, 0) is 40.0 Å². The minimum Gasteiger partial charge on any atom is -0.389 e. The minimum atomic E-state index is -0.401. The van der Waals surface area contributed by atoms with Crippen molar-refractivity contribution in [3.05, 3.63) is 0 Å². The van der Waals surface area contributed by atoms with Crippen LogP contribution in [0.5, 0.6) is 0 Å². The zero-order valence-electron chi connectivity index (χ0n) is 9.25. The fraction of sp³-hybridized carbons (Fsp3) is 1.00. The van der Waals surface area contributed by atoms with Crippen molar-refractivity contribution in [1.29, 1.82) is 0 Å². The van der Waals surface area contributed by atoms with Gasteiger partial charge < -0.3 is 15.3 Å². The Morgan fingerprint density at radius 1 is 1.36 bits per heavy atom. The topological polar surface area (TPSA) is 35.5 Å². The molecule has 0 spiro atoms. The van der Waals surface area contributed by atoms with Gasteiger partial charge >= 0.3 is 0 Å². The van der Waals surface area contributed by atoms with Gasteiger partial charge in [-0.3, -0.25) is 0 Å². The molecule has 1 heterocycles. The van der Waals surface area contributed by atoms with Crippen LogP contribution in [0.1, 0.15) is 12.8 Å². The van der Waals surface area contributed by atoms with Gasteiger partial charge in [-0.1, -0.05) is 0 Å². The molecule has 3 nitrogen and oxygen atoms in total. The molecule has 0 aromatic heterocycles. The van der Waals surface area contributed by atoms with E-state index in [4.69, 9.17) is 0 Å². The van der Waals surface area contributed by atoms with E-state index in [1.54, 1.807) is 0 Å². The first-order chi connectivity index (χ1) is 6.62. The van der Waals surface area contributed by atoms with E-state index in [1.807, 2.05) is 11.8 Å². The molecule has 2 N–H and O–H groups in total. The Balaban J connectivity index is 2.09. The number of aliphatic hydroxyl groups is 1. The first-order valence-corrected chi connectivity index (χ1v) is 6.43. The monoisotopic (exact) mass is 218 g/mol. The maximum atomic E-state index is 10.2. The average Bonchev–Trinajstić information content (AvgIpc) is 2.14. The molecule has 84 valence electrons. The summed E-state index contributed by atoms with van der Waals surface area (Å²) in [4.78, 5) is 2.18. The quantitative estimate of drug-likeness (QED) is 0.655. The van der Waals surface area contributed by atoms with Crippen LogP contribution in [0.2, 0.25) is 0 Å². The number of hydrogen-bond acceptors (Lipinski definition) is 4. The lowest BCUT2D eigenvalue weighted by Gasteiger charge is -2.32. The molecule has 0 aromatic rings. The summed E-state index contributed by atoms with van der Waals surface area (Å²) in [7, 11) is 4.17. The van der Waals surface area contributed by atoms with Gasteiger partial charge in [0.15, 0.2) is 0 Å². The maximum absolute atomic E-state index is 10.2. The number of hydrogen-bond donors (Lipinski definition) is 2. The van der Waals surface area contributed by atoms with E-state index in [0.717, 1.165) is 44.0 Å².